The van der Waals surface area contributed by atoms with E-state index in [-0.39, 0.29) is 0 Å². The van der Waals surface area contributed by atoms with Crippen LogP contribution < -0.4 is 5.32 Å². The second-order valence-corrected chi connectivity index (χ2v) is 3.39. The van der Waals surface area contributed by atoms with Crippen molar-refractivity contribution < 1.29 is 0 Å². The molecule has 0 saturated heterocycles. The Morgan fingerprint density at radius 1 is 1.47 bits per heavy atom. The molecule has 0 aliphatic carbocycles. The highest BCUT2D eigenvalue weighted by Gasteiger charge is 1.98. The molecule has 0 radical (unpaired) electrons. The van der Waals surface area contributed by atoms with Gasteiger partial charge in [0.15, 0.2) is 0 Å². The van der Waals surface area contributed by atoms with Crippen LogP contribution in [-0.4, -0.2) is 23.6 Å². The summed E-state index contributed by atoms with van der Waals surface area (Å²) in [5.74, 6) is 7.05. The molecule has 0 atom stereocenters. The Hall–Kier alpha value is -1.79. The lowest BCUT2D eigenvalue weighted by molar-refractivity contribution is 0.938. The van der Waals surface area contributed by atoms with E-state index in [1.54, 1.807) is 0 Å². The number of rotatable bonds is 1. The van der Waals surface area contributed by atoms with Gasteiger partial charge in [0.05, 0.1) is 17.6 Å². The van der Waals surface area contributed by atoms with E-state index in [0.29, 0.717) is 6.54 Å². The van der Waals surface area contributed by atoms with Gasteiger partial charge in [-0.25, -0.2) is 4.98 Å². The topological polar surface area (TPSA) is 40.7 Å². The summed E-state index contributed by atoms with van der Waals surface area (Å²) in [6.45, 7) is 2.66. The van der Waals surface area contributed by atoms with Crippen LogP contribution in [0.25, 0.3) is 11.0 Å². The predicted molar refractivity (Wildman–Crippen MR) is 61.6 cm³/mol. The third-order valence-corrected chi connectivity index (χ3v) is 2.10. The number of nitrogens with zero attached hydrogens (tertiary/aromatic N) is 1. The Labute approximate surface area is 88.9 Å². The van der Waals surface area contributed by atoms with Crippen molar-refractivity contribution in [2.45, 2.75) is 6.92 Å². The molecule has 1 heterocycles. The molecule has 0 fully saturated rings. The Morgan fingerprint density at radius 3 is 3.13 bits per heavy atom. The predicted octanol–water partition coefficient (Wildman–Crippen LogP) is 1.44. The van der Waals surface area contributed by atoms with E-state index in [2.05, 4.69) is 27.1 Å². The number of aromatic nitrogens is 2. The maximum Gasteiger partial charge on any atom is 0.104 e. The van der Waals surface area contributed by atoms with Crippen LogP contribution in [0.5, 0.6) is 0 Å². The van der Waals surface area contributed by atoms with Crippen molar-refractivity contribution in [1.82, 2.24) is 15.3 Å². The molecular weight excluding hydrogens is 186 g/mol. The van der Waals surface area contributed by atoms with Crippen LogP contribution in [0.2, 0.25) is 0 Å². The lowest BCUT2D eigenvalue weighted by Gasteiger charge is -1.90. The molecule has 0 unspecified atom stereocenters. The van der Waals surface area contributed by atoms with Gasteiger partial charge in [-0.1, -0.05) is 11.8 Å². The van der Waals surface area contributed by atoms with Gasteiger partial charge in [-0.2, -0.15) is 0 Å². The number of nitrogens with one attached hydrogen (secondary N) is 2. The van der Waals surface area contributed by atoms with Crippen molar-refractivity contribution in [3.63, 3.8) is 0 Å². The summed E-state index contributed by atoms with van der Waals surface area (Å²) in [6, 6.07) is 6.01. The Bertz CT molecular complexity index is 529. The zero-order valence-electron chi connectivity index (χ0n) is 8.89. The van der Waals surface area contributed by atoms with Crippen molar-refractivity contribution in [3.05, 3.63) is 29.6 Å². The van der Waals surface area contributed by atoms with E-state index in [0.717, 1.165) is 22.4 Å². The molecule has 3 heteroatoms. The minimum absolute atomic E-state index is 0.708. The Balaban J connectivity index is 2.35. The SMILES string of the molecule is CNCC#Cc1ccc2nc(C)[nH]c2c1. The largest absolute Gasteiger partial charge is 0.342 e. The maximum absolute atomic E-state index is 4.33. The van der Waals surface area contributed by atoms with E-state index in [9.17, 15) is 0 Å². The summed E-state index contributed by atoms with van der Waals surface area (Å²) in [5.41, 5.74) is 3.05. The summed E-state index contributed by atoms with van der Waals surface area (Å²) >= 11 is 0. The van der Waals surface area contributed by atoms with Crippen molar-refractivity contribution in [2.24, 2.45) is 0 Å². The second kappa shape index (κ2) is 4.16. The third-order valence-electron chi connectivity index (χ3n) is 2.10. The Morgan fingerprint density at radius 2 is 2.33 bits per heavy atom. The molecule has 76 valence electrons. The van der Waals surface area contributed by atoms with Crippen LogP contribution in [-0.2, 0) is 0 Å². The van der Waals surface area contributed by atoms with Crippen LogP contribution in [0.15, 0.2) is 18.2 Å². The number of hydrogen-bond donors (Lipinski definition) is 2. The summed E-state index contributed by atoms with van der Waals surface area (Å²) in [5, 5.41) is 2.99. The van der Waals surface area contributed by atoms with Gasteiger partial charge in [0.25, 0.3) is 0 Å². The first-order valence-corrected chi connectivity index (χ1v) is 4.89. The lowest BCUT2D eigenvalue weighted by Crippen LogP contribution is -2.04. The monoisotopic (exact) mass is 199 g/mol. The zero-order valence-corrected chi connectivity index (χ0v) is 8.89. The number of aromatic amines is 1. The van der Waals surface area contributed by atoms with E-state index in [4.69, 9.17) is 0 Å². The van der Waals surface area contributed by atoms with Gasteiger partial charge in [-0.3, -0.25) is 0 Å². The fraction of sp³-hybridized carbons (Fsp3) is 0.250. The number of benzene rings is 1. The normalized spacial score (nSPS) is 10.0. The minimum Gasteiger partial charge on any atom is -0.342 e. The highest BCUT2D eigenvalue weighted by Crippen LogP contribution is 2.12. The highest BCUT2D eigenvalue weighted by molar-refractivity contribution is 5.76. The first-order chi connectivity index (χ1) is 7.29. The standard InChI is InChI=1S/C12H13N3/c1-9-14-11-6-5-10(4-3-7-13-2)8-12(11)15-9/h5-6,8,13H,7H2,1-2H3,(H,14,15). The Kier molecular flexibility index (Phi) is 2.70. The van der Waals surface area contributed by atoms with Crippen molar-refractivity contribution in [1.29, 1.82) is 0 Å². The average molecular weight is 199 g/mol. The van der Waals surface area contributed by atoms with Crippen LogP contribution in [0.3, 0.4) is 0 Å². The third kappa shape index (κ3) is 2.17. The van der Waals surface area contributed by atoms with Gasteiger partial charge >= 0.3 is 0 Å². The number of imidazole rings is 1. The molecule has 3 nitrogen and oxygen atoms in total. The number of fused-ring (bicyclic) bond motifs is 1. The average Bonchev–Trinajstić information content (AvgIpc) is 2.57. The molecule has 0 aliphatic rings. The fourth-order valence-electron chi connectivity index (χ4n) is 1.45. The maximum atomic E-state index is 4.33. The second-order valence-electron chi connectivity index (χ2n) is 3.39. The smallest absolute Gasteiger partial charge is 0.104 e. The molecule has 0 spiro atoms. The van der Waals surface area contributed by atoms with Crippen LogP contribution >= 0.6 is 0 Å². The molecule has 0 bridgehead atoms. The van der Waals surface area contributed by atoms with Gasteiger partial charge < -0.3 is 10.3 Å². The van der Waals surface area contributed by atoms with Gasteiger partial charge in [0.1, 0.15) is 5.82 Å². The van der Waals surface area contributed by atoms with Crippen molar-refractivity contribution in [2.75, 3.05) is 13.6 Å². The van der Waals surface area contributed by atoms with Gasteiger partial charge in [-0.05, 0) is 32.2 Å². The van der Waals surface area contributed by atoms with E-state index >= 15 is 0 Å². The molecule has 0 amide bonds. The van der Waals surface area contributed by atoms with Gasteiger partial charge in [0.2, 0.25) is 0 Å². The zero-order chi connectivity index (χ0) is 10.7. The molecule has 1 aromatic carbocycles. The van der Waals surface area contributed by atoms with Crippen LogP contribution in [0, 0.1) is 18.8 Å². The highest BCUT2D eigenvalue weighted by atomic mass is 14.9. The van der Waals surface area contributed by atoms with Crippen LogP contribution in [0.1, 0.15) is 11.4 Å². The van der Waals surface area contributed by atoms with E-state index in [1.165, 1.54) is 0 Å². The molecule has 0 saturated carbocycles. The quantitative estimate of drug-likeness (QED) is 0.682. The molecule has 15 heavy (non-hydrogen) atoms. The number of aryl methyl sites for hydroxylation is 1. The molecular formula is C12H13N3. The first kappa shape index (κ1) is 9.75. The fourth-order valence-corrected chi connectivity index (χ4v) is 1.45. The first-order valence-electron chi connectivity index (χ1n) is 4.89. The minimum atomic E-state index is 0.708. The van der Waals surface area contributed by atoms with Crippen molar-refractivity contribution in [3.8, 4) is 11.8 Å². The van der Waals surface area contributed by atoms with E-state index in [1.807, 2.05) is 32.2 Å². The van der Waals surface area contributed by atoms with Crippen LogP contribution in [0.4, 0.5) is 0 Å². The van der Waals surface area contributed by atoms with Gasteiger partial charge in [-0.15, -0.1) is 0 Å². The van der Waals surface area contributed by atoms with Gasteiger partial charge in [0, 0.05) is 5.56 Å². The van der Waals surface area contributed by atoms with E-state index < -0.39 is 0 Å². The summed E-state index contributed by atoms with van der Waals surface area (Å²) in [7, 11) is 1.89. The number of H-pyrrole nitrogens is 1. The molecule has 1 aromatic heterocycles. The molecule has 2 aromatic rings. The summed E-state index contributed by atoms with van der Waals surface area (Å²) in [6.07, 6.45) is 0. The summed E-state index contributed by atoms with van der Waals surface area (Å²) < 4.78 is 0. The number of hydrogen-bond acceptors (Lipinski definition) is 2. The van der Waals surface area contributed by atoms with Crippen molar-refractivity contribution >= 4 is 11.0 Å². The molecule has 2 rings (SSSR count). The lowest BCUT2D eigenvalue weighted by atomic mass is 10.2. The molecule has 2 N–H and O–H groups in total. The molecule has 0 aliphatic heterocycles. The summed E-state index contributed by atoms with van der Waals surface area (Å²) in [4.78, 5) is 7.53.